The summed E-state index contributed by atoms with van der Waals surface area (Å²) in [5.41, 5.74) is 18.2. The van der Waals surface area contributed by atoms with Crippen LogP contribution in [-0.4, -0.2) is 0 Å². The molecule has 0 heterocycles. The molecule has 150 valence electrons. The van der Waals surface area contributed by atoms with Gasteiger partial charge in [-0.25, -0.2) is 0 Å². The van der Waals surface area contributed by atoms with Crippen molar-refractivity contribution in [3.05, 3.63) is 59.2 Å². The molecule has 0 amide bonds. The summed E-state index contributed by atoms with van der Waals surface area (Å²) in [5, 5.41) is 0. The summed E-state index contributed by atoms with van der Waals surface area (Å²) in [7, 11) is 0. The normalized spacial score (nSPS) is 28.2. The Morgan fingerprint density at radius 1 is 0.750 bits per heavy atom. The first-order valence-corrected chi connectivity index (χ1v) is 11.3. The van der Waals surface area contributed by atoms with E-state index >= 15 is 0 Å². The van der Waals surface area contributed by atoms with E-state index in [1.165, 1.54) is 68.1 Å². The van der Waals surface area contributed by atoms with E-state index in [0.29, 0.717) is 5.92 Å². The lowest BCUT2D eigenvalue weighted by Crippen LogP contribution is -2.25. The fourth-order valence-electron chi connectivity index (χ4n) is 5.66. The Morgan fingerprint density at radius 3 is 2.00 bits per heavy atom. The van der Waals surface area contributed by atoms with Crippen molar-refractivity contribution < 1.29 is 0 Å². The number of benzene rings is 2. The summed E-state index contributed by atoms with van der Waals surface area (Å²) in [5.74, 6) is 3.55. The topological polar surface area (TPSA) is 52.0 Å². The van der Waals surface area contributed by atoms with Gasteiger partial charge in [0.25, 0.3) is 0 Å². The van der Waals surface area contributed by atoms with Gasteiger partial charge in [0.15, 0.2) is 0 Å². The number of nitrogen functional groups attached to an aromatic ring is 2. The maximum absolute atomic E-state index is 6.66. The van der Waals surface area contributed by atoms with E-state index < -0.39 is 0 Å². The molecule has 2 aliphatic rings. The van der Waals surface area contributed by atoms with E-state index in [1.54, 1.807) is 0 Å². The molecular weight excluding hydrogens is 340 g/mol. The van der Waals surface area contributed by atoms with Crippen molar-refractivity contribution in [3.63, 3.8) is 0 Å². The third kappa shape index (κ3) is 4.37. The van der Waals surface area contributed by atoms with Crippen molar-refractivity contribution >= 4 is 11.4 Å². The predicted octanol–water partition coefficient (Wildman–Crippen LogP) is 6.54. The van der Waals surface area contributed by atoms with Gasteiger partial charge in [0, 0.05) is 11.4 Å². The van der Waals surface area contributed by atoms with Crippen LogP contribution in [0.5, 0.6) is 0 Å². The van der Waals surface area contributed by atoms with Gasteiger partial charge in [-0.15, -0.1) is 0 Å². The van der Waals surface area contributed by atoms with Gasteiger partial charge in [-0.1, -0.05) is 50.1 Å². The third-order valence-electron chi connectivity index (χ3n) is 7.54. The molecule has 2 aromatic carbocycles. The molecule has 2 aromatic rings. The Balaban J connectivity index is 1.40. The monoisotopic (exact) mass is 376 g/mol. The van der Waals surface area contributed by atoms with Gasteiger partial charge in [0.2, 0.25) is 0 Å². The first-order valence-electron chi connectivity index (χ1n) is 11.3. The minimum absolute atomic E-state index is 0.644. The van der Waals surface area contributed by atoms with Crippen molar-refractivity contribution in [2.75, 3.05) is 11.5 Å². The summed E-state index contributed by atoms with van der Waals surface area (Å²) in [6.07, 6.45) is 12.1. The molecule has 4 N–H and O–H groups in total. The second-order valence-corrected chi connectivity index (χ2v) is 9.47. The first kappa shape index (κ1) is 19.4. The van der Waals surface area contributed by atoms with Crippen LogP contribution in [-0.2, 0) is 6.42 Å². The van der Waals surface area contributed by atoms with Crippen molar-refractivity contribution in [2.45, 2.75) is 70.6 Å². The smallest absolute Gasteiger partial charge is 0.0385 e. The Bertz CT molecular complexity index is 764. The van der Waals surface area contributed by atoms with Gasteiger partial charge in [0.05, 0.1) is 0 Å². The minimum Gasteiger partial charge on any atom is -0.399 e. The molecule has 4 rings (SSSR count). The number of hydrogen-bond donors (Lipinski definition) is 2. The maximum atomic E-state index is 6.66. The maximum Gasteiger partial charge on any atom is 0.0385 e. The van der Waals surface area contributed by atoms with Gasteiger partial charge in [-0.05, 0) is 97.4 Å². The Hall–Kier alpha value is -1.96. The highest BCUT2D eigenvalue weighted by atomic mass is 14.6. The van der Waals surface area contributed by atoms with Gasteiger partial charge in [-0.2, -0.15) is 0 Å². The Kier molecular flexibility index (Phi) is 5.94. The average molecular weight is 377 g/mol. The summed E-state index contributed by atoms with van der Waals surface area (Å²) >= 11 is 0. The van der Waals surface area contributed by atoms with Gasteiger partial charge >= 0.3 is 0 Å². The molecular formula is C26H36N2. The molecule has 28 heavy (non-hydrogen) atoms. The SMILES string of the molecule is CC1CCC(C2CCC(c3cccc(Cc4ccc(N)cc4)c3N)CC2)CC1. The summed E-state index contributed by atoms with van der Waals surface area (Å²) in [6, 6.07) is 14.8. The second-order valence-electron chi connectivity index (χ2n) is 9.47. The molecule has 0 bridgehead atoms. The molecule has 0 saturated heterocycles. The summed E-state index contributed by atoms with van der Waals surface area (Å²) < 4.78 is 0. The lowest BCUT2D eigenvalue weighted by molar-refractivity contribution is 0.165. The number of anilines is 2. The van der Waals surface area contributed by atoms with E-state index in [0.717, 1.165) is 35.5 Å². The van der Waals surface area contributed by atoms with E-state index in [-0.39, 0.29) is 0 Å². The average Bonchev–Trinajstić information content (AvgIpc) is 2.72. The van der Waals surface area contributed by atoms with Gasteiger partial charge < -0.3 is 11.5 Å². The fourth-order valence-corrected chi connectivity index (χ4v) is 5.66. The van der Waals surface area contributed by atoms with Crippen molar-refractivity contribution in [3.8, 4) is 0 Å². The zero-order chi connectivity index (χ0) is 19.5. The van der Waals surface area contributed by atoms with Crippen molar-refractivity contribution in [2.24, 2.45) is 17.8 Å². The van der Waals surface area contributed by atoms with Crippen LogP contribution in [0, 0.1) is 17.8 Å². The largest absolute Gasteiger partial charge is 0.399 e. The molecule has 0 aromatic heterocycles. The molecule has 2 nitrogen and oxygen atoms in total. The summed E-state index contributed by atoms with van der Waals surface area (Å²) in [4.78, 5) is 0. The number of hydrogen-bond acceptors (Lipinski definition) is 2. The Morgan fingerprint density at radius 2 is 1.36 bits per heavy atom. The zero-order valence-corrected chi connectivity index (χ0v) is 17.4. The molecule has 2 aliphatic carbocycles. The second kappa shape index (κ2) is 8.59. The molecule has 2 fully saturated rings. The lowest BCUT2D eigenvalue weighted by Gasteiger charge is -2.37. The fraction of sp³-hybridized carbons (Fsp3) is 0.538. The first-order chi connectivity index (χ1) is 13.6. The highest BCUT2D eigenvalue weighted by Crippen LogP contribution is 2.45. The molecule has 0 spiro atoms. The quantitative estimate of drug-likeness (QED) is 0.595. The molecule has 0 aliphatic heterocycles. The van der Waals surface area contributed by atoms with Crippen LogP contribution in [0.25, 0.3) is 0 Å². The molecule has 2 heteroatoms. The Labute approximate surface area is 170 Å². The minimum atomic E-state index is 0.644. The van der Waals surface area contributed by atoms with Crippen LogP contribution in [0.15, 0.2) is 42.5 Å². The molecule has 0 radical (unpaired) electrons. The summed E-state index contributed by atoms with van der Waals surface area (Å²) in [6.45, 7) is 2.42. The number of nitrogens with two attached hydrogens (primary N) is 2. The van der Waals surface area contributed by atoms with Crippen LogP contribution >= 0.6 is 0 Å². The zero-order valence-electron chi connectivity index (χ0n) is 17.4. The van der Waals surface area contributed by atoms with Crippen LogP contribution in [0.1, 0.15) is 80.9 Å². The highest BCUT2D eigenvalue weighted by molar-refractivity contribution is 5.57. The van der Waals surface area contributed by atoms with E-state index in [4.69, 9.17) is 11.5 Å². The molecule has 0 unspecified atom stereocenters. The van der Waals surface area contributed by atoms with Crippen LogP contribution in [0.2, 0.25) is 0 Å². The molecule has 0 atom stereocenters. The lowest BCUT2D eigenvalue weighted by atomic mass is 9.68. The van der Waals surface area contributed by atoms with Crippen LogP contribution < -0.4 is 11.5 Å². The van der Waals surface area contributed by atoms with E-state index in [2.05, 4.69) is 37.3 Å². The third-order valence-corrected chi connectivity index (χ3v) is 7.54. The number of para-hydroxylation sites is 1. The van der Waals surface area contributed by atoms with Crippen molar-refractivity contribution in [1.82, 2.24) is 0 Å². The highest BCUT2D eigenvalue weighted by Gasteiger charge is 2.31. The van der Waals surface area contributed by atoms with E-state index in [9.17, 15) is 0 Å². The van der Waals surface area contributed by atoms with Gasteiger partial charge in [0.1, 0.15) is 0 Å². The van der Waals surface area contributed by atoms with Crippen LogP contribution in [0.3, 0.4) is 0 Å². The molecule has 2 saturated carbocycles. The van der Waals surface area contributed by atoms with E-state index in [1.807, 2.05) is 12.1 Å². The van der Waals surface area contributed by atoms with Gasteiger partial charge in [-0.3, -0.25) is 0 Å². The standard InChI is InChI=1S/C26H36N2/c1-18-5-9-20(10-6-18)21-11-13-22(14-12-21)25-4-2-3-23(26(25)28)17-19-7-15-24(27)16-8-19/h2-4,7-8,15-16,18,20-22H,5-6,9-14,17,27-28H2,1H3. The predicted molar refractivity (Wildman–Crippen MR) is 120 cm³/mol. The van der Waals surface area contributed by atoms with Crippen molar-refractivity contribution in [1.29, 1.82) is 0 Å². The van der Waals surface area contributed by atoms with Crippen LogP contribution in [0.4, 0.5) is 11.4 Å². The number of rotatable bonds is 4.